The summed E-state index contributed by atoms with van der Waals surface area (Å²) in [5.74, 6) is 0.918. The molecule has 1 heterocycles. The number of carbonyl (C=O) groups is 1. The standard InChI is InChI=1S/C20H18BrN3O3/c1-24(2)17-5-3-13(8-16(17)21)7-15(10-22)20(25)23-11-14-4-6-18-19(9-14)27-12-26-18/h3-9H,11-12H2,1-2H3,(H,23,25)/b15-7+. The molecule has 0 unspecified atom stereocenters. The third-order valence-electron chi connectivity index (χ3n) is 4.02. The normalized spacial score (nSPS) is 12.4. The molecule has 2 aromatic rings. The molecule has 0 fully saturated rings. The number of nitrogens with zero attached hydrogens (tertiary/aromatic N) is 2. The van der Waals surface area contributed by atoms with Crippen LogP contribution in [0.3, 0.4) is 0 Å². The minimum Gasteiger partial charge on any atom is -0.454 e. The lowest BCUT2D eigenvalue weighted by molar-refractivity contribution is -0.117. The lowest BCUT2D eigenvalue weighted by Gasteiger charge is -2.14. The Bertz CT molecular complexity index is 948. The van der Waals surface area contributed by atoms with Crippen molar-refractivity contribution in [1.29, 1.82) is 5.26 Å². The average molecular weight is 428 g/mol. The zero-order chi connectivity index (χ0) is 19.4. The number of halogens is 1. The topological polar surface area (TPSA) is 74.6 Å². The molecule has 0 bridgehead atoms. The Morgan fingerprint density at radius 2 is 2.04 bits per heavy atom. The maximum Gasteiger partial charge on any atom is 0.262 e. The first-order chi connectivity index (χ1) is 13.0. The number of ether oxygens (including phenoxy) is 2. The van der Waals surface area contributed by atoms with Crippen LogP contribution in [-0.4, -0.2) is 26.8 Å². The van der Waals surface area contributed by atoms with Crippen LogP contribution in [0.4, 0.5) is 5.69 Å². The van der Waals surface area contributed by atoms with Crippen LogP contribution >= 0.6 is 15.9 Å². The van der Waals surface area contributed by atoms with Crippen LogP contribution in [0.1, 0.15) is 11.1 Å². The van der Waals surface area contributed by atoms with Gasteiger partial charge in [-0.1, -0.05) is 12.1 Å². The molecule has 0 aromatic heterocycles. The molecule has 1 N–H and O–H groups in total. The number of amides is 1. The van der Waals surface area contributed by atoms with Gasteiger partial charge in [0.15, 0.2) is 11.5 Å². The van der Waals surface area contributed by atoms with Gasteiger partial charge in [-0.05, 0) is 57.4 Å². The van der Waals surface area contributed by atoms with Crippen molar-refractivity contribution in [3.05, 3.63) is 57.6 Å². The highest BCUT2D eigenvalue weighted by Crippen LogP contribution is 2.32. The van der Waals surface area contributed by atoms with Crippen LogP contribution in [0.2, 0.25) is 0 Å². The van der Waals surface area contributed by atoms with E-state index < -0.39 is 5.91 Å². The maximum atomic E-state index is 12.4. The van der Waals surface area contributed by atoms with E-state index in [1.54, 1.807) is 12.1 Å². The van der Waals surface area contributed by atoms with Crippen molar-refractivity contribution in [3.63, 3.8) is 0 Å². The number of hydrogen-bond acceptors (Lipinski definition) is 5. The van der Waals surface area contributed by atoms with E-state index in [0.717, 1.165) is 21.3 Å². The largest absolute Gasteiger partial charge is 0.454 e. The van der Waals surface area contributed by atoms with Gasteiger partial charge in [0.2, 0.25) is 6.79 Å². The summed E-state index contributed by atoms with van der Waals surface area (Å²) in [5, 5.41) is 12.1. The van der Waals surface area contributed by atoms with Gasteiger partial charge in [-0.25, -0.2) is 0 Å². The Morgan fingerprint density at radius 3 is 2.74 bits per heavy atom. The zero-order valence-electron chi connectivity index (χ0n) is 15.0. The Labute approximate surface area is 166 Å². The molecule has 138 valence electrons. The van der Waals surface area contributed by atoms with Gasteiger partial charge in [0, 0.05) is 25.1 Å². The average Bonchev–Trinajstić information content (AvgIpc) is 3.11. The lowest BCUT2D eigenvalue weighted by Crippen LogP contribution is -2.23. The van der Waals surface area contributed by atoms with E-state index in [4.69, 9.17) is 9.47 Å². The number of fused-ring (bicyclic) bond motifs is 1. The van der Waals surface area contributed by atoms with Crippen LogP contribution in [0.25, 0.3) is 6.08 Å². The van der Waals surface area contributed by atoms with E-state index >= 15 is 0 Å². The van der Waals surface area contributed by atoms with Crippen molar-refractivity contribution >= 4 is 33.6 Å². The zero-order valence-corrected chi connectivity index (χ0v) is 16.5. The van der Waals surface area contributed by atoms with Crippen LogP contribution in [0.15, 0.2) is 46.4 Å². The molecular formula is C20H18BrN3O3. The Kier molecular flexibility index (Phi) is 5.67. The van der Waals surface area contributed by atoms with Gasteiger partial charge < -0.3 is 19.7 Å². The van der Waals surface area contributed by atoms with Crippen molar-refractivity contribution in [2.75, 3.05) is 25.8 Å². The second-order valence-corrected chi connectivity index (χ2v) is 7.00. The highest BCUT2D eigenvalue weighted by Gasteiger charge is 2.14. The highest BCUT2D eigenvalue weighted by atomic mass is 79.9. The van der Waals surface area contributed by atoms with E-state index in [1.807, 2.05) is 55.4 Å². The quantitative estimate of drug-likeness (QED) is 0.583. The summed E-state index contributed by atoms with van der Waals surface area (Å²) < 4.78 is 11.5. The van der Waals surface area contributed by atoms with E-state index in [9.17, 15) is 10.1 Å². The first kappa shape index (κ1) is 18.8. The van der Waals surface area contributed by atoms with Crippen LogP contribution < -0.4 is 19.7 Å². The minimum atomic E-state index is -0.428. The van der Waals surface area contributed by atoms with Gasteiger partial charge in [0.25, 0.3) is 5.91 Å². The Balaban J connectivity index is 1.70. The third kappa shape index (κ3) is 4.41. The molecule has 0 saturated carbocycles. The van der Waals surface area contributed by atoms with E-state index in [0.29, 0.717) is 11.5 Å². The number of rotatable bonds is 5. The number of benzene rings is 2. The van der Waals surface area contributed by atoms with Gasteiger partial charge in [-0.15, -0.1) is 0 Å². The van der Waals surface area contributed by atoms with Gasteiger partial charge in [0.1, 0.15) is 11.6 Å². The van der Waals surface area contributed by atoms with Gasteiger partial charge >= 0.3 is 0 Å². The van der Waals surface area contributed by atoms with Gasteiger partial charge in [0.05, 0.1) is 5.69 Å². The lowest BCUT2D eigenvalue weighted by atomic mass is 10.1. The molecule has 3 rings (SSSR count). The van der Waals surface area contributed by atoms with Crippen molar-refractivity contribution in [2.45, 2.75) is 6.54 Å². The molecule has 0 aliphatic carbocycles. The molecule has 1 aliphatic rings. The predicted molar refractivity (Wildman–Crippen MR) is 106 cm³/mol. The highest BCUT2D eigenvalue weighted by molar-refractivity contribution is 9.10. The fourth-order valence-electron chi connectivity index (χ4n) is 2.62. The smallest absolute Gasteiger partial charge is 0.262 e. The molecule has 1 aliphatic heterocycles. The number of carbonyl (C=O) groups excluding carboxylic acids is 1. The number of nitrogens with one attached hydrogen (secondary N) is 1. The molecule has 0 radical (unpaired) electrons. The Hall–Kier alpha value is -2.98. The van der Waals surface area contributed by atoms with E-state index in [-0.39, 0.29) is 18.9 Å². The van der Waals surface area contributed by atoms with Crippen LogP contribution in [-0.2, 0) is 11.3 Å². The molecule has 0 saturated heterocycles. The summed E-state index contributed by atoms with van der Waals surface area (Å²) in [4.78, 5) is 14.3. The summed E-state index contributed by atoms with van der Waals surface area (Å²) in [7, 11) is 3.89. The van der Waals surface area contributed by atoms with Gasteiger partial charge in [-0.3, -0.25) is 4.79 Å². The van der Waals surface area contributed by atoms with Crippen molar-refractivity contribution in [2.24, 2.45) is 0 Å². The monoisotopic (exact) mass is 427 g/mol. The summed E-state index contributed by atoms with van der Waals surface area (Å²) in [6, 6.07) is 13.1. The molecule has 27 heavy (non-hydrogen) atoms. The maximum absolute atomic E-state index is 12.4. The van der Waals surface area contributed by atoms with Gasteiger partial charge in [-0.2, -0.15) is 5.26 Å². The number of hydrogen-bond donors (Lipinski definition) is 1. The van der Waals surface area contributed by atoms with Crippen LogP contribution in [0.5, 0.6) is 11.5 Å². The third-order valence-corrected chi connectivity index (χ3v) is 4.65. The molecule has 7 heteroatoms. The summed E-state index contributed by atoms with van der Waals surface area (Å²) in [5.41, 5.74) is 2.68. The fourth-order valence-corrected chi connectivity index (χ4v) is 3.37. The van der Waals surface area contributed by atoms with Crippen molar-refractivity contribution < 1.29 is 14.3 Å². The predicted octanol–water partition coefficient (Wildman–Crippen LogP) is 3.47. The molecule has 1 amide bonds. The second-order valence-electron chi connectivity index (χ2n) is 6.15. The molecule has 2 aromatic carbocycles. The first-order valence-corrected chi connectivity index (χ1v) is 9.02. The fraction of sp³-hybridized carbons (Fsp3) is 0.200. The molecular weight excluding hydrogens is 410 g/mol. The SMILES string of the molecule is CN(C)c1ccc(/C=C(\C#N)C(=O)NCc2ccc3c(c2)OCO3)cc1Br. The summed E-state index contributed by atoms with van der Waals surface area (Å²) >= 11 is 3.51. The second kappa shape index (κ2) is 8.14. The molecule has 0 spiro atoms. The molecule has 0 atom stereocenters. The molecule has 6 nitrogen and oxygen atoms in total. The number of nitriles is 1. The minimum absolute atomic E-state index is 0.0419. The van der Waals surface area contributed by atoms with Crippen molar-refractivity contribution in [1.82, 2.24) is 5.32 Å². The van der Waals surface area contributed by atoms with E-state index in [1.165, 1.54) is 0 Å². The van der Waals surface area contributed by atoms with E-state index in [2.05, 4.69) is 21.2 Å². The first-order valence-electron chi connectivity index (χ1n) is 8.23. The summed E-state index contributed by atoms with van der Waals surface area (Å²) in [6.45, 7) is 0.492. The van der Waals surface area contributed by atoms with Crippen LogP contribution in [0, 0.1) is 11.3 Å². The number of anilines is 1. The summed E-state index contributed by atoms with van der Waals surface area (Å²) in [6.07, 6.45) is 1.57. The Morgan fingerprint density at radius 1 is 1.26 bits per heavy atom. The van der Waals surface area contributed by atoms with Crippen molar-refractivity contribution in [3.8, 4) is 17.6 Å².